The maximum atomic E-state index is 11.2. The molecule has 0 aliphatic heterocycles. The summed E-state index contributed by atoms with van der Waals surface area (Å²) in [5.74, 6) is 5.46. The normalized spacial score (nSPS) is 12.9. The Morgan fingerprint density at radius 1 is 1.43 bits per heavy atom. The topological polar surface area (TPSA) is 139 Å². The fraction of sp³-hybridized carbons (Fsp3) is 0.667. The second kappa shape index (κ2) is 6.64. The van der Waals surface area contributed by atoms with Gasteiger partial charge < -0.3 is 10.4 Å². The van der Waals surface area contributed by atoms with Crippen molar-refractivity contribution < 1.29 is 10.0 Å². The molecule has 0 amide bonds. The van der Waals surface area contributed by atoms with Crippen LogP contribution < -0.4 is 16.6 Å². The smallest absolute Gasteiger partial charge is 0.332 e. The van der Waals surface area contributed by atoms with Crippen LogP contribution in [0.2, 0.25) is 0 Å². The van der Waals surface area contributed by atoms with E-state index >= 15 is 0 Å². The van der Waals surface area contributed by atoms with Crippen molar-refractivity contribution in [2.45, 2.75) is 40.2 Å². The average molecular weight is 298 g/mol. The molecule has 9 heteroatoms. The Labute approximate surface area is 123 Å². The molecular formula is C12H22N6O3. The van der Waals surface area contributed by atoms with E-state index in [1.165, 1.54) is 6.92 Å². The van der Waals surface area contributed by atoms with E-state index in [2.05, 4.69) is 20.7 Å². The number of rotatable bonds is 6. The molecule has 5 N–H and O–H groups in total. The molecule has 0 bridgehead atoms. The molecule has 1 unspecified atom stereocenters. The van der Waals surface area contributed by atoms with E-state index in [0.29, 0.717) is 6.42 Å². The molecule has 0 fully saturated rings. The number of aliphatic hydroxyl groups excluding tert-OH is 1. The third-order valence-corrected chi connectivity index (χ3v) is 3.14. The van der Waals surface area contributed by atoms with E-state index < -0.39 is 4.92 Å². The molecule has 0 saturated carbocycles. The van der Waals surface area contributed by atoms with Crippen LogP contribution >= 0.6 is 0 Å². The highest BCUT2D eigenvalue weighted by Crippen LogP contribution is 2.31. The van der Waals surface area contributed by atoms with Crippen molar-refractivity contribution in [1.82, 2.24) is 9.97 Å². The van der Waals surface area contributed by atoms with Gasteiger partial charge in [0.05, 0.1) is 4.92 Å². The third-order valence-electron chi connectivity index (χ3n) is 3.14. The first-order valence-corrected chi connectivity index (χ1v) is 6.57. The maximum absolute atomic E-state index is 11.2. The van der Waals surface area contributed by atoms with Crippen LogP contribution in [0.1, 0.15) is 32.9 Å². The largest absolute Gasteiger partial charge is 0.396 e. The first kappa shape index (κ1) is 17.1. The molecule has 9 nitrogen and oxygen atoms in total. The van der Waals surface area contributed by atoms with Crippen LogP contribution in [0.25, 0.3) is 0 Å². The van der Waals surface area contributed by atoms with Gasteiger partial charge in [-0.3, -0.25) is 15.5 Å². The first-order chi connectivity index (χ1) is 9.70. The second-order valence-corrected chi connectivity index (χ2v) is 5.81. The number of aryl methyl sites for hydroxylation is 1. The molecule has 1 rings (SSSR count). The van der Waals surface area contributed by atoms with Crippen molar-refractivity contribution in [1.29, 1.82) is 0 Å². The molecule has 0 spiro atoms. The molecule has 0 aliphatic carbocycles. The third kappa shape index (κ3) is 4.23. The molecule has 0 aliphatic rings. The summed E-state index contributed by atoms with van der Waals surface area (Å²) in [4.78, 5) is 18.6. The number of nitro groups is 1. The lowest BCUT2D eigenvalue weighted by atomic mass is 9.85. The van der Waals surface area contributed by atoms with Gasteiger partial charge >= 0.3 is 5.69 Å². The van der Waals surface area contributed by atoms with E-state index in [-0.39, 0.29) is 41.2 Å². The van der Waals surface area contributed by atoms with Crippen LogP contribution in [0.3, 0.4) is 0 Å². The highest BCUT2D eigenvalue weighted by molar-refractivity contribution is 5.61. The number of hydrazine groups is 1. The summed E-state index contributed by atoms with van der Waals surface area (Å²) in [6.07, 6.45) is 0.440. The van der Waals surface area contributed by atoms with Crippen molar-refractivity contribution in [3.8, 4) is 0 Å². The van der Waals surface area contributed by atoms with Crippen molar-refractivity contribution in [3.05, 3.63) is 15.8 Å². The molecule has 21 heavy (non-hydrogen) atoms. The van der Waals surface area contributed by atoms with Gasteiger partial charge in [0.2, 0.25) is 11.8 Å². The number of aliphatic hydroxyl groups is 1. The summed E-state index contributed by atoms with van der Waals surface area (Å²) in [7, 11) is 0. The van der Waals surface area contributed by atoms with Crippen molar-refractivity contribution in [2.24, 2.45) is 11.3 Å². The summed E-state index contributed by atoms with van der Waals surface area (Å²) < 4.78 is 0. The number of hydrogen-bond acceptors (Lipinski definition) is 8. The Hall–Kier alpha value is -2.00. The number of hydrogen-bond donors (Lipinski definition) is 4. The summed E-state index contributed by atoms with van der Waals surface area (Å²) in [5, 5.41) is 23.4. The van der Waals surface area contributed by atoms with Crippen LogP contribution in [-0.2, 0) is 0 Å². The van der Waals surface area contributed by atoms with E-state index in [1.54, 1.807) is 0 Å². The number of aromatic nitrogens is 2. The second-order valence-electron chi connectivity index (χ2n) is 5.81. The van der Waals surface area contributed by atoms with Crippen LogP contribution in [0, 0.1) is 22.5 Å². The molecule has 0 aromatic carbocycles. The predicted octanol–water partition coefficient (Wildman–Crippen LogP) is 1.19. The number of nitrogens with zero attached hydrogens (tertiary/aromatic N) is 3. The molecule has 118 valence electrons. The van der Waals surface area contributed by atoms with Crippen LogP contribution in [-0.4, -0.2) is 32.6 Å². The Kier molecular flexibility index (Phi) is 5.39. The highest BCUT2D eigenvalue weighted by Gasteiger charge is 2.29. The molecule has 1 atom stereocenters. The zero-order valence-electron chi connectivity index (χ0n) is 12.7. The molecule has 0 saturated heterocycles. The van der Waals surface area contributed by atoms with Gasteiger partial charge in [0, 0.05) is 12.6 Å². The number of nitrogens with two attached hydrogens (primary N) is 1. The molecular weight excluding hydrogens is 276 g/mol. The zero-order chi connectivity index (χ0) is 16.2. The van der Waals surface area contributed by atoms with E-state index in [0.717, 1.165) is 0 Å². The molecule has 1 aromatic rings. The first-order valence-electron chi connectivity index (χ1n) is 6.57. The summed E-state index contributed by atoms with van der Waals surface area (Å²) in [6, 6.07) is -0.193. The van der Waals surface area contributed by atoms with Gasteiger partial charge in [-0.2, -0.15) is 4.98 Å². The zero-order valence-corrected chi connectivity index (χ0v) is 12.7. The van der Waals surface area contributed by atoms with Crippen molar-refractivity contribution in [3.63, 3.8) is 0 Å². The fourth-order valence-corrected chi connectivity index (χ4v) is 1.97. The van der Waals surface area contributed by atoms with Gasteiger partial charge in [-0.15, -0.1) is 0 Å². The SMILES string of the molecule is Cc1nc(NN)nc(NC(CCO)C(C)(C)C)c1[N+](=O)[O-]. The number of anilines is 2. The molecule has 1 heterocycles. The van der Waals surface area contributed by atoms with Crippen molar-refractivity contribution in [2.75, 3.05) is 17.3 Å². The average Bonchev–Trinajstić information content (AvgIpc) is 2.35. The number of nitrogens with one attached hydrogen (secondary N) is 2. The standard InChI is InChI=1S/C12H22N6O3/c1-7-9(18(20)21)10(16-11(14-7)17-13)15-8(5-6-19)12(2,3)4/h8,19H,5-6,13H2,1-4H3,(H2,14,15,16,17). The summed E-state index contributed by atoms with van der Waals surface area (Å²) in [6.45, 7) is 7.41. The minimum atomic E-state index is -0.531. The lowest BCUT2D eigenvalue weighted by Crippen LogP contribution is -2.35. The van der Waals surface area contributed by atoms with Gasteiger partial charge in [-0.25, -0.2) is 10.8 Å². The van der Waals surface area contributed by atoms with Gasteiger partial charge in [-0.1, -0.05) is 20.8 Å². The highest BCUT2D eigenvalue weighted by atomic mass is 16.6. The van der Waals surface area contributed by atoms with Gasteiger partial charge in [-0.05, 0) is 18.8 Å². The fourth-order valence-electron chi connectivity index (χ4n) is 1.97. The van der Waals surface area contributed by atoms with Gasteiger partial charge in [0.1, 0.15) is 5.69 Å². The van der Waals surface area contributed by atoms with E-state index in [4.69, 9.17) is 5.84 Å². The van der Waals surface area contributed by atoms with Gasteiger partial charge in [0.25, 0.3) is 0 Å². The van der Waals surface area contributed by atoms with Crippen molar-refractivity contribution >= 4 is 17.5 Å². The Morgan fingerprint density at radius 3 is 2.48 bits per heavy atom. The van der Waals surface area contributed by atoms with E-state index in [1.807, 2.05) is 20.8 Å². The lowest BCUT2D eigenvalue weighted by molar-refractivity contribution is -0.385. The molecule has 0 radical (unpaired) electrons. The quantitative estimate of drug-likeness (QED) is 0.349. The van der Waals surface area contributed by atoms with Gasteiger partial charge in [0.15, 0.2) is 0 Å². The molecule has 1 aromatic heterocycles. The maximum Gasteiger partial charge on any atom is 0.332 e. The van der Waals surface area contributed by atoms with Crippen LogP contribution in [0.15, 0.2) is 0 Å². The summed E-state index contributed by atoms with van der Waals surface area (Å²) >= 11 is 0. The number of nitrogen functional groups attached to an aromatic ring is 1. The Balaban J connectivity index is 3.26. The lowest BCUT2D eigenvalue weighted by Gasteiger charge is -2.31. The van der Waals surface area contributed by atoms with Crippen LogP contribution in [0.5, 0.6) is 0 Å². The minimum absolute atomic E-state index is 0.0329. The Bertz CT molecular complexity index is 514. The predicted molar refractivity (Wildman–Crippen MR) is 79.8 cm³/mol. The summed E-state index contributed by atoms with van der Waals surface area (Å²) in [5.41, 5.74) is 2.08. The van der Waals surface area contributed by atoms with E-state index in [9.17, 15) is 15.2 Å². The Morgan fingerprint density at radius 2 is 2.05 bits per heavy atom. The van der Waals surface area contributed by atoms with Crippen LogP contribution in [0.4, 0.5) is 17.5 Å². The monoisotopic (exact) mass is 298 g/mol. The minimum Gasteiger partial charge on any atom is -0.396 e.